The fourth-order valence-corrected chi connectivity index (χ4v) is 3.24. The van der Waals surface area contributed by atoms with Crippen LogP contribution >= 0.6 is 11.3 Å². The molecule has 0 atom stereocenters. The van der Waals surface area contributed by atoms with Gasteiger partial charge in [0.25, 0.3) is 0 Å². The SMILES string of the molecule is CCNc1nc(-c2sc(C)nc2C)nc2ccc(C)cc12. The molecule has 0 bridgehead atoms. The molecule has 21 heavy (non-hydrogen) atoms. The van der Waals surface area contributed by atoms with E-state index in [-0.39, 0.29) is 0 Å². The number of nitrogens with zero attached hydrogens (tertiary/aromatic N) is 3. The first-order valence-electron chi connectivity index (χ1n) is 7.05. The molecule has 0 aliphatic rings. The van der Waals surface area contributed by atoms with E-state index in [1.807, 2.05) is 13.8 Å². The summed E-state index contributed by atoms with van der Waals surface area (Å²) < 4.78 is 0. The van der Waals surface area contributed by atoms with Crippen molar-refractivity contribution in [3.8, 4) is 10.7 Å². The van der Waals surface area contributed by atoms with Gasteiger partial charge in [-0.15, -0.1) is 11.3 Å². The van der Waals surface area contributed by atoms with Crippen molar-refractivity contribution < 1.29 is 0 Å². The van der Waals surface area contributed by atoms with Gasteiger partial charge >= 0.3 is 0 Å². The van der Waals surface area contributed by atoms with Crippen LogP contribution < -0.4 is 5.32 Å². The van der Waals surface area contributed by atoms with Gasteiger partial charge in [-0.25, -0.2) is 15.0 Å². The maximum absolute atomic E-state index is 4.72. The van der Waals surface area contributed by atoms with E-state index in [2.05, 4.69) is 42.3 Å². The molecule has 0 saturated carbocycles. The molecule has 0 radical (unpaired) electrons. The third kappa shape index (κ3) is 2.61. The zero-order valence-corrected chi connectivity index (χ0v) is 13.5. The zero-order valence-electron chi connectivity index (χ0n) is 12.7. The first-order valence-corrected chi connectivity index (χ1v) is 7.87. The third-order valence-electron chi connectivity index (χ3n) is 3.30. The highest BCUT2D eigenvalue weighted by Gasteiger charge is 2.14. The molecule has 1 aromatic carbocycles. The van der Waals surface area contributed by atoms with Crippen molar-refractivity contribution in [2.45, 2.75) is 27.7 Å². The maximum atomic E-state index is 4.72. The van der Waals surface area contributed by atoms with Gasteiger partial charge in [-0.3, -0.25) is 0 Å². The normalized spacial score (nSPS) is 11.0. The number of thiazole rings is 1. The molecule has 0 saturated heterocycles. The number of aromatic nitrogens is 3. The number of benzene rings is 1. The van der Waals surface area contributed by atoms with Crippen LogP contribution in [0.5, 0.6) is 0 Å². The molecule has 108 valence electrons. The molecule has 2 aromatic heterocycles. The zero-order chi connectivity index (χ0) is 15.0. The molecule has 0 aliphatic carbocycles. The van der Waals surface area contributed by atoms with Crippen LogP contribution in [0.2, 0.25) is 0 Å². The Morgan fingerprint density at radius 2 is 1.90 bits per heavy atom. The summed E-state index contributed by atoms with van der Waals surface area (Å²) in [7, 11) is 0. The van der Waals surface area contributed by atoms with Gasteiger partial charge in [0.1, 0.15) is 5.82 Å². The quantitative estimate of drug-likeness (QED) is 0.790. The van der Waals surface area contributed by atoms with Crippen LogP contribution in [0.4, 0.5) is 5.82 Å². The largest absolute Gasteiger partial charge is 0.370 e. The van der Waals surface area contributed by atoms with Gasteiger partial charge < -0.3 is 5.32 Å². The lowest BCUT2D eigenvalue weighted by atomic mass is 10.1. The van der Waals surface area contributed by atoms with E-state index >= 15 is 0 Å². The molecule has 2 heterocycles. The third-order valence-corrected chi connectivity index (χ3v) is 4.37. The molecule has 0 spiro atoms. The van der Waals surface area contributed by atoms with Crippen molar-refractivity contribution in [3.05, 3.63) is 34.5 Å². The second-order valence-electron chi connectivity index (χ2n) is 5.09. The van der Waals surface area contributed by atoms with E-state index in [4.69, 9.17) is 9.97 Å². The lowest BCUT2D eigenvalue weighted by Crippen LogP contribution is -2.03. The van der Waals surface area contributed by atoms with Crippen molar-refractivity contribution in [3.63, 3.8) is 0 Å². The summed E-state index contributed by atoms with van der Waals surface area (Å²) in [5, 5.41) is 5.46. The molecule has 0 unspecified atom stereocenters. The fraction of sp³-hybridized carbons (Fsp3) is 0.312. The topological polar surface area (TPSA) is 50.7 Å². The minimum atomic E-state index is 0.755. The summed E-state index contributed by atoms with van der Waals surface area (Å²) in [4.78, 5) is 15.0. The van der Waals surface area contributed by atoms with Gasteiger partial charge in [-0.05, 0) is 39.8 Å². The number of hydrogen-bond acceptors (Lipinski definition) is 5. The summed E-state index contributed by atoms with van der Waals surface area (Å²) >= 11 is 1.64. The lowest BCUT2D eigenvalue weighted by Gasteiger charge is -2.09. The summed E-state index contributed by atoms with van der Waals surface area (Å²) in [5.74, 6) is 1.65. The first-order chi connectivity index (χ1) is 10.1. The minimum Gasteiger partial charge on any atom is -0.370 e. The molecule has 0 aliphatic heterocycles. The summed E-state index contributed by atoms with van der Waals surface area (Å²) in [6.45, 7) is 9.01. The van der Waals surface area contributed by atoms with Gasteiger partial charge in [0.05, 0.1) is 21.1 Å². The lowest BCUT2D eigenvalue weighted by molar-refractivity contribution is 1.14. The van der Waals surface area contributed by atoms with Gasteiger partial charge in [-0.2, -0.15) is 0 Å². The molecular formula is C16H18N4S. The monoisotopic (exact) mass is 298 g/mol. The summed E-state index contributed by atoms with van der Waals surface area (Å²) in [6, 6.07) is 6.27. The molecule has 0 amide bonds. The van der Waals surface area contributed by atoms with Gasteiger partial charge in [0, 0.05) is 11.9 Å². The molecule has 4 nitrogen and oxygen atoms in total. The Kier molecular flexibility index (Phi) is 3.59. The Bertz CT molecular complexity index is 807. The van der Waals surface area contributed by atoms with Crippen molar-refractivity contribution >= 4 is 28.1 Å². The average molecular weight is 298 g/mol. The van der Waals surface area contributed by atoms with Crippen LogP contribution in [-0.2, 0) is 0 Å². The number of fused-ring (bicyclic) bond motifs is 1. The predicted octanol–water partition coefficient (Wildman–Crippen LogP) is 4.11. The van der Waals surface area contributed by atoms with Gasteiger partial charge in [-0.1, -0.05) is 11.6 Å². The smallest absolute Gasteiger partial charge is 0.174 e. The fourth-order valence-electron chi connectivity index (χ4n) is 2.38. The van der Waals surface area contributed by atoms with Crippen LogP contribution in [0.1, 0.15) is 23.2 Å². The number of hydrogen-bond donors (Lipinski definition) is 1. The van der Waals surface area contributed by atoms with Gasteiger partial charge in [0.2, 0.25) is 0 Å². The van der Waals surface area contributed by atoms with E-state index in [1.54, 1.807) is 11.3 Å². The van der Waals surface area contributed by atoms with Crippen LogP contribution in [0, 0.1) is 20.8 Å². The van der Waals surface area contributed by atoms with E-state index in [0.29, 0.717) is 0 Å². The molecule has 1 N–H and O–H groups in total. The summed E-state index contributed by atoms with van der Waals surface area (Å²) in [5.41, 5.74) is 3.17. The minimum absolute atomic E-state index is 0.755. The average Bonchev–Trinajstić information content (AvgIpc) is 2.78. The van der Waals surface area contributed by atoms with E-state index in [9.17, 15) is 0 Å². The maximum Gasteiger partial charge on any atom is 0.174 e. The Morgan fingerprint density at radius 3 is 2.57 bits per heavy atom. The Morgan fingerprint density at radius 1 is 1.10 bits per heavy atom. The predicted molar refractivity (Wildman–Crippen MR) is 89.0 cm³/mol. The van der Waals surface area contributed by atoms with Crippen LogP contribution in [-0.4, -0.2) is 21.5 Å². The molecule has 3 rings (SSSR count). The van der Waals surface area contributed by atoms with Gasteiger partial charge in [0.15, 0.2) is 5.82 Å². The number of nitrogens with one attached hydrogen (secondary N) is 1. The molecule has 5 heteroatoms. The van der Waals surface area contributed by atoms with Crippen molar-refractivity contribution in [2.24, 2.45) is 0 Å². The second-order valence-corrected chi connectivity index (χ2v) is 6.30. The number of aryl methyl sites for hydroxylation is 3. The number of rotatable bonds is 3. The highest BCUT2D eigenvalue weighted by molar-refractivity contribution is 7.15. The Balaban J connectivity index is 2.25. The highest BCUT2D eigenvalue weighted by atomic mass is 32.1. The van der Waals surface area contributed by atoms with Crippen LogP contribution in [0.3, 0.4) is 0 Å². The Hall–Kier alpha value is -2.01. The van der Waals surface area contributed by atoms with Crippen LogP contribution in [0.25, 0.3) is 21.6 Å². The van der Waals surface area contributed by atoms with Crippen molar-refractivity contribution in [1.29, 1.82) is 0 Å². The van der Waals surface area contributed by atoms with E-state index < -0.39 is 0 Å². The van der Waals surface area contributed by atoms with Crippen molar-refractivity contribution in [2.75, 3.05) is 11.9 Å². The first kappa shape index (κ1) is 13.9. The molecule has 3 aromatic rings. The van der Waals surface area contributed by atoms with Crippen molar-refractivity contribution in [1.82, 2.24) is 15.0 Å². The van der Waals surface area contributed by atoms with E-state index in [0.717, 1.165) is 44.7 Å². The molecular weight excluding hydrogens is 280 g/mol. The standard InChI is InChI=1S/C16H18N4S/c1-5-17-15-12-8-9(2)6-7-13(12)19-16(20-15)14-10(3)18-11(4)21-14/h6-8H,5H2,1-4H3,(H,17,19,20). The second kappa shape index (κ2) is 5.41. The number of anilines is 1. The van der Waals surface area contributed by atoms with E-state index in [1.165, 1.54) is 5.56 Å². The Labute approximate surface area is 128 Å². The molecule has 0 fully saturated rings. The summed E-state index contributed by atoms with van der Waals surface area (Å²) in [6.07, 6.45) is 0. The highest BCUT2D eigenvalue weighted by Crippen LogP contribution is 2.31. The van der Waals surface area contributed by atoms with Crippen LogP contribution in [0.15, 0.2) is 18.2 Å².